The number of carbonyl (C=O) groups is 2. The first-order chi connectivity index (χ1) is 13.4. The molecule has 28 heavy (non-hydrogen) atoms. The molecule has 1 aliphatic carbocycles. The minimum Gasteiger partial charge on any atom is -0.339 e. The van der Waals surface area contributed by atoms with Crippen LogP contribution < -0.4 is 0 Å². The minimum atomic E-state index is -3.86. The van der Waals surface area contributed by atoms with Gasteiger partial charge in [-0.3, -0.25) is 9.59 Å². The van der Waals surface area contributed by atoms with Crippen LogP contribution in [0.1, 0.15) is 25.7 Å². The number of benzene rings is 1. The number of sulfonamides is 1. The highest BCUT2D eigenvalue weighted by molar-refractivity contribution is 7.89. The average Bonchev–Trinajstić information content (AvgIpc) is 3.43. The Labute approximate surface area is 164 Å². The van der Waals surface area contributed by atoms with Crippen molar-refractivity contribution in [1.29, 1.82) is 0 Å². The lowest BCUT2D eigenvalue weighted by Crippen LogP contribution is -2.55. The largest absolute Gasteiger partial charge is 0.339 e. The number of rotatable bonds is 4. The molecule has 1 atom stereocenters. The fourth-order valence-electron chi connectivity index (χ4n) is 3.96. The summed E-state index contributed by atoms with van der Waals surface area (Å²) >= 11 is 0. The van der Waals surface area contributed by atoms with Crippen molar-refractivity contribution in [2.45, 2.75) is 36.6 Å². The maximum absolute atomic E-state index is 13.1. The topological polar surface area (TPSA) is 78.0 Å². The van der Waals surface area contributed by atoms with Crippen LogP contribution in [-0.4, -0.2) is 73.1 Å². The van der Waals surface area contributed by atoms with Gasteiger partial charge in [-0.15, -0.1) is 0 Å². The number of hydrogen-bond donors (Lipinski definition) is 0. The Morgan fingerprint density at radius 1 is 0.857 bits per heavy atom. The monoisotopic (exact) mass is 409 g/mol. The summed E-state index contributed by atoms with van der Waals surface area (Å²) in [6.07, 6.45) is 2.99. The van der Waals surface area contributed by atoms with Crippen LogP contribution in [0.2, 0.25) is 0 Å². The summed E-state index contributed by atoms with van der Waals surface area (Å²) in [6.45, 7) is 2.13. The van der Waals surface area contributed by atoms with E-state index in [4.69, 9.17) is 0 Å². The highest BCUT2D eigenvalue weighted by Gasteiger charge is 2.42. The first-order valence-electron chi connectivity index (χ1n) is 9.73. The Kier molecular flexibility index (Phi) is 5.13. The van der Waals surface area contributed by atoms with E-state index in [1.807, 2.05) is 4.90 Å². The zero-order valence-corrected chi connectivity index (χ0v) is 16.4. The van der Waals surface area contributed by atoms with Crippen LogP contribution in [0, 0.1) is 11.7 Å². The summed E-state index contributed by atoms with van der Waals surface area (Å²) in [7, 11) is -3.86. The van der Waals surface area contributed by atoms with Gasteiger partial charge >= 0.3 is 0 Å². The van der Waals surface area contributed by atoms with Crippen LogP contribution in [-0.2, 0) is 19.6 Å². The smallest absolute Gasteiger partial charge is 0.243 e. The molecule has 3 fully saturated rings. The Balaban J connectivity index is 1.43. The number of carbonyl (C=O) groups excluding carboxylic acids is 2. The second kappa shape index (κ2) is 7.44. The second-order valence-electron chi connectivity index (χ2n) is 7.65. The van der Waals surface area contributed by atoms with E-state index in [-0.39, 0.29) is 29.2 Å². The molecule has 1 unspecified atom stereocenters. The highest BCUT2D eigenvalue weighted by Crippen LogP contribution is 2.32. The maximum Gasteiger partial charge on any atom is 0.243 e. The first kappa shape index (κ1) is 19.3. The van der Waals surface area contributed by atoms with Gasteiger partial charge in [0.25, 0.3) is 0 Å². The molecule has 0 N–H and O–H groups in total. The second-order valence-corrected chi connectivity index (χ2v) is 9.54. The lowest BCUT2D eigenvalue weighted by molar-refractivity contribution is -0.142. The fourth-order valence-corrected chi connectivity index (χ4v) is 5.61. The normalized spacial score (nSPS) is 23.8. The predicted octanol–water partition coefficient (Wildman–Crippen LogP) is 1.06. The van der Waals surface area contributed by atoms with Crippen molar-refractivity contribution in [1.82, 2.24) is 14.1 Å². The highest BCUT2D eigenvalue weighted by atomic mass is 32.2. The van der Waals surface area contributed by atoms with Crippen molar-refractivity contribution < 1.29 is 22.4 Å². The van der Waals surface area contributed by atoms with E-state index in [1.54, 1.807) is 4.90 Å². The molecule has 0 radical (unpaired) electrons. The number of amides is 2. The van der Waals surface area contributed by atoms with Crippen molar-refractivity contribution in [3.63, 3.8) is 0 Å². The van der Waals surface area contributed by atoms with Gasteiger partial charge in [0.15, 0.2) is 0 Å². The molecule has 4 rings (SSSR count). The van der Waals surface area contributed by atoms with Crippen LogP contribution >= 0.6 is 0 Å². The van der Waals surface area contributed by atoms with Gasteiger partial charge in [-0.1, -0.05) is 0 Å². The Morgan fingerprint density at radius 2 is 1.43 bits per heavy atom. The molecule has 0 bridgehead atoms. The summed E-state index contributed by atoms with van der Waals surface area (Å²) < 4.78 is 40.3. The fraction of sp³-hybridized carbons (Fsp3) is 0.579. The maximum atomic E-state index is 13.1. The average molecular weight is 409 g/mol. The summed E-state index contributed by atoms with van der Waals surface area (Å²) in [4.78, 5) is 28.7. The van der Waals surface area contributed by atoms with Crippen LogP contribution in [0.4, 0.5) is 4.39 Å². The van der Waals surface area contributed by atoms with Crippen LogP contribution in [0.15, 0.2) is 29.2 Å². The van der Waals surface area contributed by atoms with Crippen LogP contribution in [0.5, 0.6) is 0 Å². The van der Waals surface area contributed by atoms with Gasteiger partial charge in [-0.2, -0.15) is 4.31 Å². The number of hydrogen-bond acceptors (Lipinski definition) is 4. The first-order valence-corrected chi connectivity index (χ1v) is 11.2. The molecule has 0 spiro atoms. The van der Waals surface area contributed by atoms with Gasteiger partial charge in [0.1, 0.15) is 11.9 Å². The molecule has 1 saturated carbocycles. The van der Waals surface area contributed by atoms with Crippen molar-refractivity contribution in [3.05, 3.63) is 30.1 Å². The van der Waals surface area contributed by atoms with Crippen LogP contribution in [0.25, 0.3) is 0 Å². The molecular formula is C19H24FN3O4S. The summed E-state index contributed by atoms with van der Waals surface area (Å²) in [5.74, 6) is -0.379. The Morgan fingerprint density at radius 3 is 2.00 bits per heavy atom. The van der Waals surface area contributed by atoms with Crippen molar-refractivity contribution in [3.8, 4) is 0 Å². The van der Waals surface area contributed by atoms with Gasteiger partial charge < -0.3 is 9.80 Å². The molecule has 152 valence electrons. The van der Waals surface area contributed by atoms with E-state index in [0.29, 0.717) is 39.0 Å². The van der Waals surface area contributed by atoms with Crippen molar-refractivity contribution >= 4 is 21.8 Å². The molecule has 0 aromatic heterocycles. The summed E-state index contributed by atoms with van der Waals surface area (Å²) in [5.41, 5.74) is 0. The van der Waals surface area contributed by atoms with Crippen LogP contribution in [0.3, 0.4) is 0 Å². The molecule has 9 heteroatoms. The third kappa shape index (κ3) is 3.65. The van der Waals surface area contributed by atoms with Gasteiger partial charge in [-0.25, -0.2) is 12.8 Å². The third-order valence-electron chi connectivity index (χ3n) is 5.74. The van der Waals surface area contributed by atoms with Gasteiger partial charge in [0.2, 0.25) is 21.8 Å². The van der Waals surface area contributed by atoms with E-state index in [9.17, 15) is 22.4 Å². The lowest BCUT2D eigenvalue weighted by Gasteiger charge is -2.37. The predicted molar refractivity (Wildman–Crippen MR) is 99.2 cm³/mol. The molecule has 3 aliphatic rings. The Bertz CT molecular complexity index is 862. The number of piperazine rings is 1. The molecule has 1 aromatic rings. The third-order valence-corrected chi connectivity index (χ3v) is 7.66. The van der Waals surface area contributed by atoms with Gasteiger partial charge in [0.05, 0.1) is 4.90 Å². The minimum absolute atomic E-state index is 0.00607. The SMILES string of the molecule is O=C(C1CC1)N1CCN(C(=O)C2CCCN2S(=O)(=O)c2ccc(F)cc2)CC1. The molecule has 2 heterocycles. The standard InChI is InChI=1S/C19H24FN3O4S/c20-15-5-7-16(8-6-15)28(26,27)23-9-1-2-17(23)19(25)22-12-10-21(11-13-22)18(24)14-3-4-14/h5-8,14,17H,1-4,9-13H2. The van der Waals surface area contributed by atoms with E-state index >= 15 is 0 Å². The van der Waals surface area contributed by atoms with E-state index < -0.39 is 21.9 Å². The van der Waals surface area contributed by atoms with Gasteiger partial charge in [0, 0.05) is 38.6 Å². The number of halogens is 1. The Hall–Kier alpha value is -2.00. The zero-order chi connectivity index (χ0) is 19.9. The van der Waals surface area contributed by atoms with E-state index in [0.717, 1.165) is 25.0 Å². The lowest BCUT2D eigenvalue weighted by atomic mass is 10.2. The summed E-state index contributed by atoms with van der Waals surface area (Å²) in [6, 6.07) is 3.94. The van der Waals surface area contributed by atoms with E-state index in [1.165, 1.54) is 16.4 Å². The van der Waals surface area contributed by atoms with Crippen molar-refractivity contribution in [2.75, 3.05) is 32.7 Å². The van der Waals surface area contributed by atoms with Gasteiger partial charge in [-0.05, 0) is 49.9 Å². The molecule has 2 aliphatic heterocycles. The molecule has 2 saturated heterocycles. The quantitative estimate of drug-likeness (QED) is 0.745. The molecule has 1 aromatic carbocycles. The zero-order valence-electron chi connectivity index (χ0n) is 15.6. The summed E-state index contributed by atoms with van der Waals surface area (Å²) in [5, 5.41) is 0. The number of nitrogens with zero attached hydrogens (tertiary/aromatic N) is 3. The van der Waals surface area contributed by atoms with E-state index in [2.05, 4.69) is 0 Å². The molecule has 7 nitrogen and oxygen atoms in total. The molecular weight excluding hydrogens is 385 g/mol. The van der Waals surface area contributed by atoms with Crippen molar-refractivity contribution in [2.24, 2.45) is 5.92 Å². The molecule has 2 amide bonds.